The lowest BCUT2D eigenvalue weighted by atomic mass is 10.1. The van der Waals surface area contributed by atoms with Gasteiger partial charge in [-0.1, -0.05) is 35.8 Å². The van der Waals surface area contributed by atoms with E-state index in [4.69, 9.17) is 12.2 Å². The lowest BCUT2D eigenvalue weighted by molar-refractivity contribution is 0.579. The van der Waals surface area contributed by atoms with Gasteiger partial charge in [-0.2, -0.15) is 0 Å². The number of benzene rings is 1. The predicted molar refractivity (Wildman–Crippen MR) is 77.8 cm³/mol. The quantitative estimate of drug-likeness (QED) is 0.828. The van der Waals surface area contributed by atoms with Crippen molar-refractivity contribution in [3.05, 3.63) is 28.7 Å². The Morgan fingerprint density at radius 2 is 2.19 bits per heavy atom. The lowest BCUT2D eigenvalue weighted by Crippen LogP contribution is -2.29. The number of rotatable bonds is 4. The fourth-order valence-corrected chi connectivity index (χ4v) is 1.84. The van der Waals surface area contributed by atoms with Crippen molar-refractivity contribution < 1.29 is 0 Å². The Labute approximate surface area is 111 Å². The van der Waals surface area contributed by atoms with Gasteiger partial charge < -0.3 is 10.6 Å². The van der Waals surface area contributed by atoms with Gasteiger partial charge in [0.05, 0.1) is 0 Å². The summed E-state index contributed by atoms with van der Waals surface area (Å²) in [6.45, 7) is 5.32. The fourth-order valence-electron chi connectivity index (χ4n) is 1.22. The van der Waals surface area contributed by atoms with Gasteiger partial charge in [0, 0.05) is 16.7 Å². The van der Waals surface area contributed by atoms with E-state index < -0.39 is 0 Å². The molecule has 0 aliphatic heterocycles. The Bertz CT molecular complexity index is 353. The fraction of sp³-hybridized carbons (Fsp3) is 0.417. The molecule has 0 saturated carbocycles. The van der Waals surface area contributed by atoms with Crippen molar-refractivity contribution in [2.75, 3.05) is 11.9 Å². The largest absolute Gasteiger partial charge is 0.362 e. The molecule has 0 aliphatic carbocycles. The Hall–Kier alpha value is -0.610. The SMILES string of the molecule is CC(C)CCNC(=S)Nc1cccc(Br)c1. The van der Waals surface area contributed by atoms with E-state index in [0.29, 0.717) is 11.0 Å². The van der Waals surface area contributed by atoms with Crippen LogP contribution in [0.2, 0.25) is 0 Å². The third-order valence-corrected chi connectivity index (χ3v) is 2.83. The summed E-state index contributed by atoms with van der Waals surface area (Å²) >= 11 is 8.61. The molecule has 1 aromatic rings. The number of thiocarbonyl (C=S) groups is 1. The molecular formula is C12H17BrN2S. The van der Waals surface area contributed by atoms with Crippen LogP contribution in [-0.4, -0.2) is 11.7 Å². The van der Waals surface area contributed by atoms with E-state index >= 15 is 0 Å². The highest BCUT2D eigenvalue weighted by Gasteiger charge is 1.98. The number of halogens is 1. The van der Waals surface area contributed by atoms with Crippen LogP contribution in [0.25, 0.3) is 0 Å². The standard InChI is InChI=1S/C12H17BrN2S/c1-9(2)6-7-14-12(16)15-11-5-3-4-10(13)8-11/h3-5,8-9H,6-7H2,1-2H3,(H2,14,15,16). The molecule has 0 bridgehead atoms. The van der Waals surface area contributed by atoms with E-state index in [1.165, 1.54) is 0 Å². The van der Waals surface area contributed by atoms with Crippen molar-refractivity contribution in [3.63, 3.8) is 0 Å². The zero-order valence-corrected chi connectivity index (χ0v) is 12.0. The maximum atomic E-state index is 5.19. The third-order valence-electron chi connectivity index (χ3n) is 2.09. The normalized spacial score (nSPS) is 10.2. The molecule has 0 radical (unpaired) electrons. The van der Waals surface area contributed by atoms with Gasteiger partial charge in [-0.15, -0.1) is 0 Å². The molecule has 0 heterocycles. The molecule has 0 fully saturated rings. The molecule has 0 unspecified atom stereocenters. The Balaban J connectivity index is 2.34. The van der Waals surface area contributed by atoms with Gasteiger partial charge in [0.25, 0.3) is 0 Å². The van der Waals surface area contributed by atoms with E-state index in [2.05, 4.69) is 40.4 Å². The van der Waals surface area contributed by atoms with Gasteiger partial charge in [0.2, 0.25) is 0 Å². The zero-order chi connectivity index (χ0) is 12.0. The van der Waals surface area contributed by atoms with Crippen LogP contribution in [0.1, 0.15) is 20.3 Å². The molecule has 0 spiro atoms. The van der Waals surface area contributed by atoms with Crippen molar-refractivity contribution in [1.29, 1.82) is 0 Å². The molecule has 0 saturated heterocycles. The van der Waals surface area contributed by atoms with Gasteiger partial charge in [-0.25, -0.2) is 0 Å². The first kappa shape index (κ1) is 13.5. The summed E-state index contributed by atoms with van der Waals surface area (Å²) in [4.78, 5) is 0. The average Bonchev–Trinajstić information content (AvgIpc) is 2.16. The van der Waals surface area contributed by atoms with Gasteiger partial charge in [0.15, 0.2) is 5.11 Å². The molecule has 1 rings (SSSR count). The summed E-state index contributed by atoms with van der Waals surface area (Å²) in [5.41, 5.74) is 0.997. The maximum absolute atomic E-state index is 5.19. The van der Waals surface area contributed by atoms with Crippen LogP contribution in [0, 0.1) is 5.92 Å². The van der Waals surface area contributed by atoms with Crippen LogP contribution in [0.4, 0.5) is 5.69 Å². The summed E-state index contributed by atoms with van der Waals surface area (Å²) in [6, 6.07) is 7.95. The summed E-state index contributed by atoms with van der Waals surface area (Å²) < 4.78 is 1.04. The first-order chi connectivity index (χ1) is 7.58. The van der Waals surface area contributed by atoms with E-state index in [1.807, 2.05) is 24.3 Å². The van der Waals surface area contributed by atoms with Crippen molar-refractivity contribution in [2.45, 2.75) is 20.3 Å². The van der Waals surface area contributed by atoms with Gasteiger partial charge in [-0.05, 0) is 42.8 Å². The molecule has 2 nitrogen and oxygen atoms in total. The first-order valence-corrected chi connectivity index (χ1v) is 6.58. The molecule has 16 heavy (non-hydrogen) atoms. The van der Waals surface area contributed by atoms with Crippen LogP contribution in [0.15, 0.2) is 28.7 Å². The van der Waals surface area contributed by atoms with Crippen molar-refractivity contribution >= 4 is 38.9 Å². The Kier molecular flexibility index (Phi) is 5.77. The zero-order valence-electron chi connectivity index (χ0n) is 9.59. The highest BCUT2D eigenvalue weighted by molar-refractivity contribution is 9.10. The second kappa shape index (κ2) is 6.86. The van der Waals surface area contributed by atoms with E-state index in [9.17, 15) is 0 Å². The minimum absolute atomic E-state index is 0.679. The highest BCUT2D eigenvalue weighted by Crippen LogP contribution is 2.15. The van der Waals surface area contributed by atoms with Crippen molar-refractivity contribution in [2.24, 2.45) is 5.92 Å². The van der Waals surface area contributed by atoms with E-state index in [0.717, 1.165) is 23.1 Å². The molecule has 88 valence electrons. The molecule has 0 aromatic heterocycles. The van der Waals surface area contributed by atoms with Crippen molar-refractivity contribution in [1.82, 2.24) is 5.32 Å². The first-order valence-electron chi connectivity index (χ1n) is 5.38. The topological polar surface area (TPSA) is 24.1 Å². The molecule has 1 aromatic carbocycles. The van der Waals surface area contributed by atoms with Crippen LogP contribution in [0.5, 0.6) is 0 Å². The molecule has 4 heteroatoms. The molecule has 0 amide bonds. The summed E-state index contributed by atoms with van der Waals surface area (Å²) in [5, 5.41) is 7.01. The third kappa shape index (κ3) is 5.47. The number of hydrogen-bond acceptors (Lipinski definition) is 1. The molecular weight excluding hydrogens is 284 g/mol. The van der Waals surface area contributed by atoms with Crippen LogP contribution in [-0.2, 0) is 0 Å². The minimum Gasteiger partial charge on any atom is -0.362 e. The second-order valence-electron chi connectivity index (χ2n) is 4.07. The van der Waals surface area contributed by atoms with E-state index in [1.54, 1.807) is 0 Å². The Morgan fingerprint density at radius 1 is 1.44 bits per heavy atom. The van der Waals surface area contributed by atoms with Gasteiger partial charge >= 0.3 is 0 Å². The van der Waals surface area contributed by atoms with Crippen LogP contribution in [0.3, 0.4) is 0 Å². The summed E-state index contributed by atoms with van der Waals surface area (Å²) in [7, 11) is 0. The minimum atomic E-state index is 0.679. The number of hydrogen-bond donors (Lipinski definition) is 2. The number of anilines is 1. The molecule has 0 aliphatic rings. The smallest absolute Gasteiger partial charge is 0.170 e. The van der Waals surface area contributed by atoms with Crippen molar-refractivity contribution in [3.8, 4) is 0 Å². The van der Waals surface area contributed by atoms with Gasteiger partial charge in [-0.3, -0.25) is 0 Å². The summed E-state index contributed by atoms with van der Waals surface area (Å²) in [6.07, 6.45) is 1.13. The van der Waals surface area contributed by atoms with Crippen LogP contribution < -0.4 is 10.6 Å². The summed E-state index contributed by atoms with van der Waals surface area (Å²) in [5.74, 6) is 0.696. The highest BCUT2D eigenvalue weighted by atomic mass is 79.9. The van der Waals surface area contributed by atoms with Gasteiger partial charge in [0.1, 0.15) is 0 Å². The van der Waals surface area contributed by atoms with E-state index in [-0.39, 0.29) is 0 Å². The van der Waals surface area contributed by atoms with Crippen LogP contribution >= 0.6 is 28.1 Å². The number of nitrogens with one attached hydrogen (secondary N) is 2. The lowest BCUT2D eigenvalue weighted by Gasteiger charge is -2.11. The predicted octanol–water partition coefficient (Wildman–Crippen LogP) is 3.78. The Morgan fingerprint density at radius 3 is 2.81 bits per heavy atom. The molecule has 2 N–H and O–H groups in total. The average molecular weight is 301 g/mol. The monoisotopic (exact) mass is 300 g/mol. The second-order valence-corrected chi connectivity index (χ2v) is 5.40. The molecule has 0 atom stereocenters. The maximum Gasteiger partial charge on any atom is 0.170 e.